The predicted octanol–water partition coefficient (Wildman–Crippen LogP) is 3.47. The second-order valence-corrected chi connectivity index (χ2v) is 5.64. The van der Waals surface area contributed by atoms with E-state index in [9.17, 15) is 0 Å². The Hall–Kier alpha value is -1.81. The van der Waals surface area contributed by atoms with Crippen LogP contribution in [0.4, 0.5) is 0 Å². The van der Waals surface area contributed by atoms with Crippen LogP contribution in [0.2, 0.25) is 0 Å². The second-order valence-electron chi connectivity index (χ2n) is 5.64. The summed E-state index contributed by atoms with van der Waals surface area (Å²) in [7, 11) is 1.72. The van der Waals surface area contributed by atoms with Gasteiger partial charge in [0.15, 0.2) is 0 Å². The Morgan fingerprint density at radius 3 is 2.95 bits per heavy atom. The Labute approximate surface area is 125 Å². The van der Waals surface area contributed by atoms with Crippen LogP contribution in [-0.4, -0.2) is 12.1 Å². The third-order valence-electron chi connectivity index (χ3n) is 4.24. The van der Waals surface area contributed by atoms with E-state index in [0.717, 1.165) is 35.9 Å². The average Bonchev–Trinajstić information content (AvgIpc) is 2.83. The number of fused-ring (bicyclic) bond motifs is 1. The Bertz CT molecular complexity index is 614. The zero-order valence-electron chi connectivity index (χ0n) is 12.9. The first kappa shape index (κ1) is 14.1. The van der Waals surface area contributed by atoms with E-state index in [1.807, 2.05) is 19.9 Å². The summed E-state index contributed by atoms with van der Waals surface area (Å²) in [6.45, 7) is 4.60. The van der Waals surface area contributed by atoms with Gasteiger partial charge in [0.05, 0.1) is 19.3 Å². The molecule has 1 aromatic heterocycles. The van der Waals surface area contributed by atoms with Gasteiger partial charge >= 0.3 is 0 Å². The molecule has 2 aromatic rings. The van der Waals surface area contributed by atoms with Crippen molar-refractivity contribution in [2.75, 3.05) is 7.11 Å². The molecule has 1 N–H and O–H groups in total. The van der Waals surface area contributed by atoms with Crippen molar-refractivity contribution in [3.05, 3.63) is 46.7 Å². The molecule has 1 aromatic carbocycles. The van der Waals surface area contributed by atoms with Crippen molar-refractivity contribution in [1.82, 2.24) is 10.3 Å². The van der Waals surface area contributed by atoms with Gasteiger partial charge in [-0.15, -0.1) is 0 Å². The molecule has 0 radical (unpaired) electrons. The molecule has 0 saturated carbocycles. The number of rotatable bonds is 4. The summed E-state index contributed by atoms with van der Waals surface area (Å²) in [5.41, 5.74) is 3.74. The summed E-state index contributed by atoms with van der Waals surface area (Å²) < 4.78 is 11.0. The van der Waals surface area contributed by atoms with Crippen LogP contribution in [0, 0.1) is 13.8 Å². The largest absolute Gasteiger partial charge is 0.497 e. The van der Waals surface area contributed by atoms with Crippen LogP contribution in [0.25, 0.3) is 0 Å². The van der Waals surface area contributed by atoms with Gasteiger partial charge in [-0.3, -0.25) is 0 Å². The Morgan fingerprint density at radius 2 is 2.24 bits per heavy atom. The van der Waals surface area contributed by atoms with Gasteiger partial charge in [0, 0.05) is 6.04 Å². The number of nitrogens with one attached hydrogen (secondary N) is 1. The SMILES string of the molecule is COc1ccc2c(c1)CCCC2NCc1nc(C)c(C)o1. The minimum Gasteiger partial charge on any atom is -0.497 e. The highest BCUT2D eigenvalue weighted by molar-refractivity contribution is 5.39. The lowest BCUT2D eigenvalue weighted by molar-refractivity contribution is 0.396. The molecule has 21 heavy (non-hydrogen) atoms. The molecule has 0 aliphatic heterocycles. The smallest absolute Gasteiger partial charge is 0.208 e. The highest BCUT2D eigenvalue weighted by atomic mass is 16.5. The van der Waals surface area contributed by atoms with Crippen LogP contribution in [0.3, 0.4) is 0 Å². The fourth-order valence-electron chi connectivity index (χ4n) is 2.95. The molecule has 1 unspecified atom stereocenters. The maximum Gasteiger partial charge on any atom is 0.208 e. The van der Waals surface area contributed by atoms with Gasteiger partial charge in [-0.25, -0.2) is 4.98 Å². The van der Waals surface area contributed by atoms with Crippen molar-refractivity contribution in [3.8, 4) is 5.75 Å². The first-order valence-electron chi connectivity index (χ1n) is 7.50. The predicted molar refractivity (Wildman–Crippen MR) is 81.5 cm³/mol. The van der Waals surface area contributed by atoms with Gasteiger partial charge in [-0.2, -0.15) is 0 Å². The van der Waals surface area contributed by atoms with E-state index in [2.05, 4.69) is 22.4 Å². The zero-order chi connectivity index (χ0) is 14.8. The van der Waals surface area contributed by atoms with Crippen molar-refractivity contribution < 1.29 is 9.15 Å². The summed E-state index contributed by atoms with van der Waals surface area (Å²) in [6.07, 6.45) is 3.47. The Morgan fingerprint density at radius 1 is 1.38 bits per heavy atom. The van der Waals surface area contributed by atoms with Crippen LogP contribution >= 0.6 is 0 Å². The fourth-order valence-corrected chi connectivity index (χ4v) is 2.95. The molecule has 0 saturated heterocycles. The molecule has 0 spiro atoms. The molecule has 1 heterocycles. The maximum atomic E-state index is 5.64. The molecule has 112 valence electrons. The molecule has 4 nitrogen and oxygen atoms in total. The summed E-state index contributed by atoms with van der Waals surface area (Å²) in [5, 5.41) is 3.58. The number of oxazole rings is 1. The van der Waals surface area contributed by atoms with Crippen LogP contribution in [0.15, 0.2) is 22.6 Å². The zero-order valence-corrected chi connectivity index (χ0v) is 12.9. The van der Waals surface area contributed by atoms with Crippen LogP contribution < -0.4 is 10.1 Å². The van der Waals surface area contributed by atoms with Gasteiger partial charge in [0.25, 0.3) is 0 Å². The summed E-state index contributed by atoms with van der Waals surface area (Å²) in [4.78, 5) is 4.43. The molecular weight excluding hydrogens is 264 g/mol. The standard InChI is InChI=1S/C17H22N2O2/c1-11-12(2)21-17(19-11)10-18-16-6-4-5-13-9-14(20-3)7-8-15(13)16/h7-9,16,18H,4-6,10H2,1-3H3. The molecule has 3 rings (SSSR count). The van der Waals surface area contributed by atoms with E-state index >= 15 is 0 Å². The normalized spacial score (nSPS) is 17.6. The van der Waals surface area contributed by atoms with Gasteiger partial charge in [-0.05, 0) is 56.4 Å². The lowest BCUT2D eigenvalue weighted by Gasteiger charge is -2.26. The average molecular weight is 286 g/mol. The molecule has 0 fully saturated rings. The number of aromatic nitrogens is 1. The van der Waals surface area contributed by atoms with Gasteiger partial charge in [0.2, 0.25) is 5.89 Å². The van der Waals surface area contributed by atoms with Crippen LogP contribution in [-0.2, 0) is 13.0 Å². The number of ether oxygens (including phenoxy) is 1. The van der Waals surface area contributed by atoms with E-state index in [-0.39, 0.29) is 0 Å². The molecule has 4 heteroatoms. The summed E-state index contributed by atoms with van der Waals surface area (Å²) in [5.74, 6) is 2.61. The number of methoxy groups -OCH3 is 1. The highest BCUT2D eigenvalue weighted by Crippen LogP contribution is 2.32. The van der Waals surface area contributed by atoms with Crippen molar-refractivity contribution in [1.29, 1.82) is 0 Å². The second kappa shape index (κ2) is 5.90. The molecule has 1 aliphatic rings. The van der Waals surface area contributed by atoms with E-state index in [4.69, 9.17) is 9.15 Å². The van der Waals surface area contributed by atoms with Crippen molar-refractivity contribution in [3.63, 3.8) is 0 Å². The molecule has 1 atom stereocenters. The summed E-state index contributed by atoms with van der Waals surface area (Å²) >= 11 is 0. The van der Waals surface area contributed by atoms with Gasteiger partial charge < -0.3 is 14.5 Å². The minimum absolute atomic E-state index is 0.368. The number of hydrogen-bond donors (Lipinski definition) is 1. The van der Waals surface area contributed by atoms with Gasteiger partial charge in [0.1, 0.15) is 11.5 Å². The van der Waals surface area contributed by atoms with Crippen molar-refractivity contribution in [2.45, 2.75) is 45.7 Å². The number of nitrogens with zero attached hydrogens (tertiary/aromatic N) is 1. The maximum absolute atomic E-state index is 5.64. The third-order valence-corrected chi connectivity index (χ3v) is 4.24. The highest BCUT2D eigenvalue weighted by Gasteiger charge is 2.20. The lowest BCUT2D eigenvalue weighted by Crippen LogP contribution is -2.25. The fraction of sp³-hybridized carbons (Fsp3) is 0.471. The number of aryl methyl sites for hydroxylation is 3. The lowest BCUT2D eigenvalue weighted by atomic mass is 9.87. The Balaban J connectivity index is 1.73. The Kier molecular flexibility index (Phi) is 3.97. The van der Waals surface area contributed by atoms with E-state index < -0.39 is 0 Å². The van der Waals surface area contributed by atoms with Crippen LogP contribution in [0.1, 0.15) is 47.4 Å². The molecule has 0 amide bonds. The molecule has 0 bridgehead atoms. The van der Waals surface area contributed by atoms with E-state index in [0.29, 0.717) is 12.6 Å². The van der Waals surface area contributed by atoms with Crippen molar-refractivity contribution in [2.24, 2.45) is 0 Å². The minimum atomic E-state index is 0.368. The number of hydrogen-bond acceptors (Lipinski definition) is 4. The van der Waals surface area contributed by atoms with E-state index in [1.54, 1.807) is 7.11 Å². The summed E-state index contributed by atoms with van der Waals surface area (Å²) in [6, 6.07) is 6.74. The van der Waals surface area contributed by atoms with E-state index in [1.165, 1.54) is 17.5 Å². The molecule has 1 aliphatic carbocycles. The monoisotopic (exact) mass is 286 g/mol. The first-order valence-corrected chi connectivity index (χ1v) is 7.50. The third kappa shape index (κ3) is 2.95. The topological polar surface area (TPSA) is 47.3 Å². The van der Waals surface area contributed by atoms with Crippen LogP contribution in [0.5, 0.6) is 5.75 Å². The molecular formula is C17H22N2O2. The van der Waals surface area contributed by atoms with Crippen molar-refractivity contribution >= 4 is 0 Å². The quantitative estimate of drug-likeness (QED) is 0.935. The van der Waals surface area contributed by atoms with Gasteiger partial charge in [-0.1, -0.05) is 6.07 Å². The number of benzene rings is 1. The first-order chi connectivity index (χ1) is 10.2.